The zero-order valence-electron chi connectivity index (χ0n) is 11.8. The summed E-state index contributed by atoms with van der Waals surface area (Å²) in [6.45, 7) is 2.28. The third kappa shape index (κ3) is 4.76. The number of nitrogens with one attached hydrogen (secondary N) is 1. The van der Waals surface area contributed by atoms with E-state index < -0.39 is 6.10 Å². The maximum Gasteiger partial charge on any atom is 0.261 e. The van der Waals surface area contributed by atoms with Gasteiger partial charge >= 0.3 is 0 Å². The minimum absolute atomic E-state index is 0.164. The van der Waals surface area contributed by atoms with Gasteiger partial charge in [-0.1, -0.05) is 30.7 Å². The molecule has 1 unspecified atom stereocenters. The molecule has 0 spiro atoms. The van der Waals surface area contributed by atoms with Crippen LogP contribution in [0.1, 0.15) is 19.0 Å². The highest BCUT2D eigenvalue weighted by molar-refractivity contribution is 6.30. The average Bonchev–Trinajstić information content (AvgIpc) is 2.51. The Morgan fingerprint density at radius 3 is 2.86 bits per heavy atom. The van der Waals surface area contributed by atoms with Crippen molar-refractivity contribution in [3.05, 3.63) is 59.4 Å². The van der Waals surface area contributed by atoms with Crippen molar-refractivity contribution < 1.29 is 9.53 Å². The van der Waals surface area contributed by atoms with E-state index in [0.29, 0.717) is 23.7 Å². The zero-order valence-corrected chi connectivity index (χ0v) is 12.5. The van der Waals surface area contributed by atoms with E-state index in [9.17, 15) is 4.79 Å². The van der Waals surface area contributed by atoms with Gasteiger partial charge < -0.3 is 10.1 Å². The summed E-state index contributed by atoms with van der Waals surface area (Å²) in [6.07, 6.45) is 1.72. The van der Waals surface area contributed by atoms with E-state index in [1.807, 2.05) is 25.1 Å². The van der Waals surface area contributed by atoms with Crippen molar-refractivity contribution in [2.75, 3.05) is 0 Å². The molecule has 0 saturated carbocycles. The van der Waals surface area contributed by atoms with Crippen molar-refractivity contribution in [2.24, 2.45) is 0 Å². The quantitative estimate of drug-likeness (QED) is 0.891. The van der Waals surface area contributed by atoms with E-state index in [1.165, 1.54) is 0 Å². The van der Waals surface area contributed by atoms with Gasteiger partial charge in [0, 0.05) is 11.2 Å². The molecule has 0 aliphatic carbocycles. The van der Waals surface area contributed by atoms with Crippen LogP contribution in [0.15, 0.2) is 48.7 Å². The molecule has 1 aromatic carbocycles. The van der Waals surface area contributed by atoms with Gasteiger partial charge in [-0.3, -0.25) is 9.78 Å². The van der Waals surface area contributed by atoms with E-state index in [4.69, 9.17) is 16.3 Å². The number of carbonyl (C=O) groups is 1. The molecule has 1 aromatic heterocycles. The SMILES string of the molecule is CCC(Oc1cccc(Cl)c1)C(=O)NCc1ccccn1. The fourth-order valence-corrected chi connectivity index (χ4v) is 2.00. The van der Waals surface area contributed by atoms with Gasteiger partial charge in [0.15, 0.2) is 6.10 Å². The molecule has 0 saturated heterocycles. The Morgan fingerprint density at radius 1 is 1.33 bits per heavy atom. The van der Waals surface area contributed by atoms with Crippen molar-refractivity contribution in [3.63, 3.8) is 0 Å². The number of hydrogen-bond acceptors (Lipinski definition) is 3. The summed E-state index contributed by atoms with van der Waals surface area (Å²) in [7, 11) is 0. The van der Waals surface area contributed by atoms with Crippen LogP contribution in [0.5, 0.6) is 5.75 Å². The van der Waals surface area contributed by atoms with Gasteiger partial charge in [0.1, 0.15) is 5.75 Å². The van der Waals surface area contributed by atoms with E-state index in [0.717, 1.165) is 5.69 Å². The van der Waals surface area contributed by atoms with E-state index >= 15 is 0 Å². The second-order valence-corrected chi connectivity index (χ2v) is 4.95. The van der Waals surface area contributed by atoms with Crippen LogP contribution in [0.3, 0.4) is 0 Å². The monoisotopic (exact) mass is 304 g/mol. The van der Waals surface area contributed by atoms with Gasteiger partial charge in [0.2, 0.25) is 0 Å². The van der Waals surface area contributed by atoms with Gasteiger partial charge in [-0.15, -0.1) is 0 Å². The highest BCUT2D eigenvalue weighted by Gasteiger charge is 2.18. The van der Waals surface area contributed by atoms with Crippen LogP contribution in [0.25, 0.3) is 0 Å². The predicted molar refractivity (Wildman–Crippen MR) is 82.2 cm³/mol. The van der Waals surface area contributed by atoms with Crippen molar-refractivity contribution in [3.8, 4) is 5.75 Å². The summed E-state index contributed by atoms with van der Waals surface area (Å²) < 4.78 is 5.68. The summed E-state index contributed by atoms with van der Waals surface area (Å²) in [6, 6.07) is 12.6. The van der Waals surface area contributed by atoms with E-state index in [2.05, 4.69) is 10.3 Å². The molecular formula is C16H17ClN2O2. The second-order valence-electron chi connectivity index (χ2n) is 4.51. The van der Waals surface area contributed by atoms with Gasteiger partial charge in [0.25, 0.3) is 5.91 Å². The van der Waals surface area contributed by atoms with E-state index in [1.54, 1.807) is 30.5 Å². The highest BCUT2D eigenvalue weighted by atomic mass is 35.5. The highest BCUT2D eigenvalue weighted by Crippen LogP contribution is 2.19. The smallest absolute Gasteiger partial charge is 0.261 e. The van der Waals surface area contributed by atoms with Crippen molar-refractivity contribution in [1.82, 2.24) is 10.3 Å². The molecule has 1 amide bonds. The Kier molecular flexibility index (Phi) is 5.58. The van der Waals surface area contributed by atoms with Gasteiger partial charge in [0.05, 0.1) is 12.2 Å². The molecule has 0 fully saturated rings. The maximum atomic E-state index is 12.1. The third-order valence-corrected chi connectivity index (χ3v) is 3.14. The number of benzene rings is 1. The zero-order chi connectivity index (χ0) is 15.1. The number of rotatable bonds is 6. The number of ether oxygens (including phenoxy) is 1. The molecule has 0 radical (unpaired) electrons. The molecule has 0 aliphatic heterocycles. The lowest BCUT2D eigenvalue weighted by Gasteiger charge is -2.17. The van der Waals surface area contributed by atoms with Crippen molar-refractivity contribution >= 4 is 17.5 Å². The summed E-state index contributed by atoms with van der Waals surface area (Å²) in [5, 5.41) is 3.41. The maximum absolute atomic E-state index is 12.1. The Morgan fingerprint density at radius 2 is 2.19 bits per heavy atom. The number of carbonyl (C=O) groups excluding carboxylic acids is 1. The first-order chi connectivity index (χ1) is 10.2. The first kappa shape index (κ1) is 15.3. The molecule has 5 heteroatoms. The van der Waals surface area contributed by atoms with Crippen LogP contribution in [0, 0.1) is 0 Å². The molecule has 1 N–H and O–H groups in total. The molecule has 21 heavy (non-hydrogen) atoms. The molecule has 0 aliphatic rings. The summed E-state index contributed by atoms with van der Waals surface area (Å²) >= 11 is 5.90. The lowest BCUT2D eigenvalue weighted by molar-refractivity contribution is -0.128. The minimum atomic E-state index is -0.549. The molecule has 2 aromatic rings. The number of pyridine rings is 1. The van der Waals surface area contributed by atoms with Crippen molar-refractivity contribution in [2.45, 2.75) is 26.0 Å². The summed E-state index contributed by atoms with van der Waals surface area (Å²) in [5.41, 5.74) is 0.809. The number of nitrogens with zero attached hydrogens (tertiary/aromatic N) is 1. The molecule has 1 atom stereocenters. The predicted octanol–water partition coefficient (Wildman–Crippen LogP) is 3.21. The standard InChI is InChI=1S/C16H17ClN2O2/c1-2-15(21-14-8-5-6-12(17)10-14)16(20)19-11-13-7-3-4-9-18-13/h3-10,15H,2,11H2,1H3,(H,19,20). The molecule has 2 rings (SSSR count). The lowest BCUT2D eigenvalue weighted by atomic mass is 10.2. The third-order valence-electron chi connectivity index (χ3n) is 2.91. The first-order valence-electron chi connectivity index (χ1n) is 6.79. The second kappa shape index (κ2) is 7.64. The number of hydrogen-bond donors (Lipinski definition) is 1. The van der Waals surface area contributed by atoms with Crippen molar-refractivity contribution in [1.29, 1.82) is 0 Å². The van der Waals surface area contributed by atoms with Crippen LogP contribution >= 0.6 is 11.6 Å². The van der Waals surface area contributed by atoms with E-state index in [-0.39, 0.29) is 5.91 Å². The minimum Gasteiger partial charge on any atom is -0.481 e. The average molecular weight is 305 g/mol. The van der Waals surface area contributed by atoms with Crippen LogP contribution in [0.2, 0.25) is 5.02 Å². The number of halogens is 1. The first-order valence-corrected chi connectivity index (χ1v) is 7.16. The normalized spacial score (nSPS) is 11.7. The molecule has 4 nitrogen and oxygen atoms in total. The molecule has 110 valence electrons. The fourth-order valence-electron chi connectivity index (χ4n) is 1.82. The molecule has 0 bridgehead atoms. The van der Waals surface area contributed by atoms with Crippen LogP contribution in [0.4, 0.5) is 0 Å². The number of amides is 1. The largest absolute Gasteiger partial charge is 0.481 e. The summed E-state index contributed by atoms with van der Waals surface area (Å²) in [5.74, 6) is 0.422. The fraction of sp³-hybridized carbons (Fsp3) is 0.250. The molecular weight excluding hydrogens is 288 g/mol. The summed E-state index contributed by atoms with van der Waals surface area (Å²) in [4.78, 5) is 16.3. The number of aromatic nitrogens is 1. The van der Waals surface area contributed by atoms with Crippen LogP contribution < -0.4 is 10.1 Å². The Labute approximate surface area is 129 Å². The Hall–Kier alpha value is -2.07. The topological polar surface area (TPSA) is 51.2 Å². The van der Waals surface area contributed by atoms with Gasteiger partial charge in [-0.05, 0) is 36.8 Å². The Bertz CT molecular complexity index is 590. The van der Waals surface area contributed by atoms with Crippen LogP contribution in [-0.2, 0) is 11.3 Å². The lowest BCUT2D eigenvalue weighted by Crippen LogP contribution is -2.37. The van der Waals surface area contributed by atoms with Gasteiger partial charge in [-0.2, -0.15) is 0 Å². The Balaban J connectivity index is 1.92. The van der Waals surface area contributed by atoms with Gasteiger partial charge in [-0.25, -0.2) is 0 Å². The molecule has 1 heterocycles. The van der Waals surface area contributed by atoms with Crippen LogP contribution in [-0.4, -0.2) is 17.0 Å².